The summed E-state index contributed by atoms with van der Waals surface area (Å²) < 4.78 is 5.44. The third-order valence-corrected chi connectivity index (χ3v) is 2.51. The maximum absolute atomic E-state index is 5.44. The van der Waals surface area contributed by atoms with E-state index < -0.39 is 0 Å². The highest BCUT2D eigenvalue weighted by atomic mass is 16.5. The van der Waals surface area contributed by atoms with E-state index in [9.17, 15) is 0 Å². The van der Waals surface area contributed by atoms with Gasteiger partial charge in [0.1, 0.15) is 0 Å². The van der Waals surface area contributed by atoms with Crippen LogP contribution in [0.3, 0.4) is 0 Å². The molecule has 0 aromatic rings. The van der Waals surface area contributed by atoms with Crippen LogP contribution in [-0.4, -0.2) is 50.8 Å². The Morgan fingerprint density at radius 3 is 2.64 bits per heavy atom. The molecule has 1 radical (unpaired) electrons. The number of nitrogens with zero attached hydrogens (tertiary/aromatic N) is 2. The van der Waals surface area contributed by atoms with Gasteiger partial charge in [0.2, 0.25) is 0 Å². The predicted octanol–water partition coefficient (Wildman–Crippen LogP) is 1.11. The lowest BCUT2D eigenvalue weighted by atomic mass is 10.3. The lowest BCUT2D eigenvalue weighted by Crippen LogP contribution is -2.40. The Balaban J connectivity index is 1.82. The first kappa shape index (κ1) is 12.0. The van der Waals surface area contributed by atoms with Crippen LogP contribution in [0.25, 0.3) is 0 Å². The van der Waals surface area contributed by atoms with Crippen molar-refractivity contribution in [3.8, 4) is 0 Å². The summed E-state index contributed by atoms with van der Waals surface area (Å²) in [5.74, 6) is 0. The maximum atomic E-state index is 5.44. The van der Waals surface area contributed by atoms with Crippen molar-refractivity contribution in [2.75, 3.05) is 45.9 Å². The van der Waals surface area contributed by atoms with Gasteiger partial charge in [0.05, 0.1) is 0 Å². The molecule has 0 aliphatic carbocycles. The van der Waals surface area contributed by atoms with E-state index in [1.807, 2.05) is 0 Å². The highest BCUT2D eigenvalue weighted by Crippen LogP contribution is 1.98. The van der Waals surface area contributed by atoms with Gasteiger partial charge in [-0.25, -0.2) is 5.32 Å². The van der Waals surface area contributed by atoms with Crippen molar-refractivity contribution in [2.24, 2.45) is 0 Å². The Morgan fingerprint density at radius 2 is 1.93 bits per heavy atom. The molecule has 3 heteroatoms. The first-order chi connectivity index (χ1) is 6.93. The number of piperazine rings is 1. The van der Waals surface area contributed by atoms with Crippen LogP contribution in [0, 0.1) is 0 Å². The quantitative estimate of drug-likeness (QED) is 0.574. The lowest BCUT2D eigenvalue weighted by molar-refractivity contribution is 0.126. The second kappa shape index (κ2) is 8.21. The summed E-state index contributed by atoms with van der Waals surface area (Å²) >= 11 is 0. The summed E-state index contributed by atoms with van der Waals surface area (Å²) in [5, 5.41) is 4.33. The molecule has 1 rings (SSSR count). The third-order valence-electron chi connectivity index (χ3n) is 2.51. The average molecular weight is 199 g/mol. The molecule has 0 aromatic carbocycles. The Kier molecular flexibility index (Phi) is 7.01. The van der Waals surface area contributed by atoms with E-state index in [1.165, 1.54) is 19.4 Å². The molecule has 1 heterocycles. The molecule has 1 saturated heterocycles. The second-order valence-corrected chi connectivity index (χ2v) is 3.83. The molecule has 0 N–H and O–H groups in total. The largest absolute Gasteiger partial charge is 0.381 e. The van der Waals surface area contributed by atoms with Crippen LogP contribution in [0.4, 0.5) is 0 Å². The van der Waals surface area contributed by atoms with Crippen LogP contribution in [0.15, 0.2) is 0 Å². The molecule has 0 unspecified atom stereocenters. The highest BCUT2D eigenvalue weighted by Gasteiger charge is 2.08. The number of rotatable bonds is 7. The molecule has 0 atom stereocenters. The number of hydrogen-bond donors (Lipinski definition) is 0. The molecule has 1 fully saturated rings. The second-order valence-electron chi connectivity index (χ2n) is 3.83. The summed E-state index contributed by atoms with van der Waals surface area (Å²) in [4.78, 5) is 2.51. The summed E-state index contributed by atoms with van der Waals surface area (Å²) in [6.45, 7) is 9.63. The molecule has 0 aromatic heterocycles. The molecule has 1 aliphatic heterocycles. The zero-order valence-electron chi connectivity index (χ0n) is 9.37. The predicted molar refractivity (Wildman–Crippen MR) is 58.7 cm³/mol. The average Bonchev–Trinajstić information content (AvgIpc) is 2.25. The van der Waals surface area contributed by atoms with E-state index in [4.69, 9.17) is 4.74 Å². The van der Waals surface area contributed by atoms with Gasteiger partial charge in [0.15, 0.2) is 0 Å². The highest BCUT2D eigenvalue weighted by molar-refractivity contribution is 4.66. The summed E-state index contributed by atoms with van der Waals surface area (Å²) in [7, 11) is 0. The minimum absolute atomic E-state index is 0.919. The minimum Gasteiger partial charge on any atom is -0.381 e. The molecular formula is C11H23N2O. The van der Waals surface area contributed by atoms with Gasteiger partial charge >= 0.3 is 0 Å². The molecule has 0 spiro atoms. The monoisotopic (exact) mass is 199 g/mol. The van der Waals surface area contributed by atoms with Crippen molar-refractivity contribution in [3.05, 3.63) is 0 Å². The van der Waals surface area contributed by atoms with Crippen molar-refractivity contribution in [2.45, 2.75) is 26.2 Å². The van der Waals surface area contributed by atoms with E-state index in [-0.39, 0.29) is 0 Å². The molecule has 1 aliphatic rings. The van der Waals surface area contributed by atoms with Crippen LogP contribution >= 0.6 is 0 Å². The SMILES string of the molecule is CCCOCCCCN1CC[N]CC1. The number of ether oxygens (including phenoxy) is 1. The van der Waals surface area contributed by atoms with Crippen LogP contribution in [0.1, 0.15) is 26.2 Å². The van der Waals surface area contributed by atoms with Crippen molar-refractivity contribution >= 4 is 0 Å². The molecule has 0 saturated carbocycles. The Bertz CT molecular complexity index is 124. The maximum Gasteiger partial charge on any atom is 0.0466 e. The van der Waals surface area contributed by atoms with Crippen molar-refractivity contribution in [1.82, 2.24) is 10.2 Å². The van der Waals surface area contributed by atoms with Crippen molar-refractivity contribution < 1.29 is 4.74 Å². The Morgan fingerprint density at radius 1 is 1.14 bits per heavy atom. The van der Waals surface area contributed by atoms with Crippen LogP contribution in [0.5, 0.6) is 0 Å². The van der Waals surface area contributed by atoms with E-state index in [1.54, 1.807) is 0 Å². The zero-order chi connectivity index (χ0) is 10.1. The standard InChI is InChI=1S/C11H23N2O/c1-2-10-14-11-4-3-7-13-8-5-12-6-9-13/h2-11H2,1H3. The van der Waals surface area contributed by atoms with Crippen molar-refractivity contribution in [1.29, 1.82) is 0 Å². The van der Waals surface area contributed by atoms with Gasteiger partial charge in [-0.3, -0.25) is 0 Å². The van der Waals surface area contributed by atoms with Crippen LogP contribution in [0.2, 0.25) is 0 Å². The van der Waals surface area contributed by atoms with Gasteiger partial charge in [-0.05, 0) is 25.8 Å². The van der Waals surface area contributed by atoms with E-state index >= 15 is 0 Å². The first-order valence-corrected chi connectivity index (χ1v) is 5.87. The number of unbranched alkanes of at least 4 members (excludes halogenated alkanes) is 1. The topological polar surface area (TPSA) is 26.6 Å². The normalized spacial score (nSPS) is 18.6. The summed E-state index contributed by atoms with van der Waals surface area (Å²) in [6, 6.07) is 0. The number of hydrogen-bond acceptors (Lipinski definition) is 2. The smallest absolute Gasteiger partial charge is 0.0466 e. The third kappa shape index (κ3) is 5.58. The fraction of sp³-hybridized carbons (Fsp3) is 1.00. The zero-order valence-corrected chi connectivity index (χ0v) is 9.37. The Hall–Kier alpha value is -0.120. The van der Waals surface area contributed by atoms with Crippen LogP contribution in [-0.2, 0) is 4.74 Å². The molecule has 3 nitrogen and oxygen atoms in total. The molecule has 0 bridgehead atoms. The molecular weight excluding hydrogens is 176 g/mol. The van der Waals surface area contributed by atoms with Gasteiger partial charge in [-0.15, -0.1) is 0 Å². The summed E-state index contributed by atoms with van der Waals surface area (Å²) in [6.07, 6.45) is 3.60. The van der Waals surface area contributed by atoms with Crippen LogP contribution < -0.4 is 5.32 Å². The van der Waals surface area contributed by atoms with Gasteiger partial charge in [0.25, 0.3) is 0 Å². The van der Waals surface area contributed by atoms with Crippen molar-refractivity contribution in [3.63, 3.8) is 0 Å². The van der Waals surface area contributed by atoms with Gasteiger partial charge in [-0.2, -0.15) is 0 Å². The Labute approximate surface area is 87.8 Å². The molecule has 14 heavy (non-hydrogen) atoms. The van der Waals surface area contributed by atoms with E-state index in [0.29, 0.717) is 0 Å². The van der Waals surface area contributed by atoms with Gasteiger partial charge in [-0.1, -0.05) is 6.92 Å². The molecule has 83 valence electrons. The lowest BCUT2D eigenvalue weighted by Gasteiger charge is -2.25. The van der Waals surface area contributed by atoms with Gasteiger partial charge in [0, 0.05) is 39.4 Å². The van der Waals surface area contributed by atoms with E-state index in [0.717, 1.165) is 45.8 Å². The van der Waals surface area contributed by atoms with Gasteiger partial charge < -0.3 is 9.64 Å². The minimum atomic E-state index is 0.919. The summed E-state index contributed by atoms with van der Waals surface area (Å²) in [5.41, 5.74) is 0. The first-order valence-electron chi connectivity index (χ1n) is 5.87. The molecule has 0 amide bonds. The van der Waals surface area contributed by atoms with E-state index in [2.05, 4.69) is 17.1 Å². The fourth-order valence-corrected chi connectivity index (χ4v) is 1.66. The fourth-order valence-electron chi connectivity index (χ4n) is 1.66.